The Morgan fingerprint density at radius 1 is 1.50 bits per heavy atom. The molecule has 0 aliphatic carbocycles. The highest BCUT2D eigenvalue weighted by atomic mass is 19.1. The molecule has 0 saturated carbocycles. The van der Waals surface area contributed by atoms with E-state index in [9.17, 15) is 9.18 Å². The molecule has 1 aromatic heterocycles. The second kappa shape index (κ2) is 5.24. The van der Waals surface area contributed by atoms with Gasteiger partial charge in [-0.2, -0.15) is 4.98 Å². The molecule has 0 bridgehead atoms. The van der Waals surface area contributed by atoms with E-state index in [-0.39, 0.29) is 17.7 Å². The summed E-state index contributed by atoms with van der Waals surface area (Å²) in [4.78, 5) is 18.8. The number of nitrogens with one attached hydrogen (secondary N) is 3. The van der Waals surface area contributed by atoms with Gasteiger partial charge in [0.15, 0.2) is 11.6 Å². The third kappa shape index (κ3) is 2.78. The average molecular weight is 227 g/mol. The van der Waals surface area contributed by atoms with E-state index in [1.807, 2.05) is 0 Å². The van der Waals surface area contributed by atoms with Crippen LogP contribution in [0.25, 0.3) is 0 Å². The Labute approximate surface area is 92.7 Å². The summed E-state index contributed by atoms with van der Waals surface area (Å²) >= 11 is 0. The van der Waals surface area contributed by atoms with Gasteiger partial charge in [-0.05, 0) is 6.92 Å². The molecule has 1 atom stereocenters. The molecule has 1 unspecified atom stereocenters. The third-order valence-corrected chi connectivity index (χ3v) is 1.96. The zero-order chi connectivity index (χ0) is 12.1. The van der Waals surface area contributed by atoms with Crippen LogP contribution in [0.3, 0.4) is 0 Å². The van der Waals surface area contributed by atoms with Crippen molar-refractivity contribution < 1.29 is 9.18 Å². The van der Waals surface area contributed by atoms with Gasteiger partial charge in [0, 0.05) is 14.1 Å². The third-order valence-electron chi connectivity index (χ3n) is 1.96. The summed E-state index contributed by atoms with van der Waals surface area (Å²) in [5.41, 5.74) is 0. The minimum atomic E-state index is -0.602. The zero-order valence-corrected chi connectivity index (χ0v) is 9.34. The first kappa shape index (κ1) is 12.2. The minimum Gasteiger partial charge on any atom is -0.357 e. The van der Waals surface area contributed by atoms with Crippen LogP contribution in [0.4, 0.5) is 16.2 Å². The molecule has 0 radical (unpaired) electrons. The van der Waals surface area contributed by atoms with Crippen molar-refractivity contribution in [3.63, 3.8) is 0 Å². The lowest BCUT2D eigenvalue weighted by Crippen LogP contribution is -2.35. The molecule has 1 aromatic rings. The molecule has 3 N–H and O–H groups in total. The predicted molar refractivity (Wildman–Crippen MR) is 58.7 cm³/mol. The molecule has 1 rings (SSSR count). The van der Waals surface area contributed by atoms with Gasteiger partial charge in [0.05, 0.1) is 6.20 Å². The lowest BCUT2D eigenvalue weighted by atomic mass is 10.3. The van der Waals surface area contributed by atoms with Crippen LogP contribution >= 0.6 is 0 Å². The topological polar surface area (TPSA) is 78.9 Å². The SMILES string of the molecule is CNC(=O)C(C)Nc1nc(NC)ncc1F. The first-order valence-corrected chi connectivity index (χ1v) is 4.77. The van der Waals surface area contributed by atoms with Crippen molar-refractivity contribution in [1.29, 1.82) is 0 Å². The number of rotatable bonds is 4. The van der Waals surface area contributed by atoms with Crippen LogP contribution in [0.2, 0.25) is 0 Å². The van der Waals surface area contributed by atoms with E-state index in [1.165, 1.54) is 7.05 Å². The molecule has 0 aliphatic heterocycles. The first-order valence-electron chi connectivity index (χ1n) is 4.77. The summed E-state index contributed by atoms with van der Waals surface area (Å²) in [5, 5.41) is 7.79. The molecule has 0 aliphatic rings. The number of likely N-dealkylation sites (N-methyl/N-ethyl adjacent to an activating group) is 1. The lowest BCUT2D eigenvalue weighted by Gasteiger charge is -2.13. The van der Waals surface area contributed by atoms with Crippen molar-refractivity contribution in [2.75, 3.05) is 24.7 Å². The van der Waals surface area contributed by atoms with Crippen LogP contribution in [-0.4, -0.2) is 36.0 Å². The van der Waals surface area contributed by atoms with E-state index in [1.54, 1.807) is 14.0 Å². The van der Waals surface area contributed by atoms with Gasteiger partial charge < -0.3 is 16.0 Å². The van der Waals surface area contributed by atoms with Gasteiger partial charge in [-0.15, -0.1) is 0 Å². The second-order valence-corrected chi connectivity index (χ2v) is 3.12. The van der Waals surface area contributed by atoms with Gasteiger partial charge in [-0.25, -0.2) is 9.37 Å². The number of amides is 1. The van der Waals surface area contributed by atoms with Crippen molar-refractivity contribution in [2.45, 2.75) is 13.0 Å². The first-order chi connectivity index (χ1) is 7.58. The molecule has 6 nitrogen and oxygen atoms in total. The molecule has 7 heteroatoms. The number of hydrogen-bond donors (Lipinski definition) is 3. The average Bonchev–Trinajstić information content (AvgIpc) is 2.30. The van der Waals surface area contributed by atoms with Crippen LogP contribution in [-0.2, 0) is 4.79 Å². The maximum atomic E-state index is 13.3. The van der Waals surface area contributed by atoms with Crippen molar-refractivity contribution in [3.05, 3.63) is 12.0 Å². The summed E-state index contributed by atoms with van der Waals surface area (Å²) in [6.45, 7) is 1.61. The number of halogens is 1. The van der Waals surface area contributed by atoms with Crippen LogP contribution in [0.15, 0.2) is 6.20 Å². The fourth-order valence-corrected chi connectivity index (χ4v) is 1.08. The molecule has 1 amide bonds. The molecule has 1 heterocycles. The fraction of sp³-hybridized carbons (Fsp3) is 0.444. The number of nitrogens with zero attached hydrogens (tertiary/aromatic N) is 2. The standard InChI is InChI=1S/C9H14FN5O/c1-5(8(16)11-2)14-7-6(10)4-13-9(12-3)15-7/h4-5H,1-3H3,(H,11,16)(H2,12,13,14,15). The Balaban J connectivity index is 2.83. The monoisotopic (exact) mass is 227 g/mol. The molecule has 0 fully saturated rings. The second-order valence-electron chi connectivity index (χ2n) is 3.12. The lowest BCUT2D eigenvalue weighted by molar-refractivity contribution is -0.121. The number of carbonyl (C=O) groups is 1. The van der Waals surface area contributed by atoms with Crippen LogP contribution in [0, 0.1) is 5.82 Å². The molecular formula is C9H14FN5O. The summed E-state index contributed by atoms with van der Waals surface area (Å²) in [6, 6.07) is -0.570. The number of hydrogen-bond acceptors (Lipinski definition) is 5. The highest BCUT2D eigenvalue weighted by Gasteiger charge is 2.14. The predicted octanol–water partition coefficient (Wildman–Crippen LogP) is 0.204. The Morgan fingerprint density at radius 2 is 2.19 bits per heavy atom. The summed E-state index contributed by atoms with van der Waals surface area (Å²) in [7, 11) is 3.13. The molecule has 0 spiro atoms. The largest absolute Gasteiger partial charge is 0.357 e. The van der Waals surface area contributed by atoms with Crippen molar-refractivity contribution in [1.82, 2.24) is 15.3 Å². The van der Waals surface area contributed by atoms with Crippen molar-refractivity contribution in [3.8, 4) is 0 Å². The van der Waals surface area contributed by atoms with E-state index in [2.05, 4.69) is 25.9 Å². The van der Waals surface area contributed by atoms with Gasteiger partial charge in [0.1, 0.15) is 6.04 Å². The van der Waals surface area contributed by atoms with Crippen molar-refractivity contribution in [2.24, 2.45) is 0 Å². The van der Waals surface area contributed by atoms with Crippen LogP contribution in [0.5, 0.6) is 0 Å². The van der Waals surface area contributed by atoms with E-state index in [0.717, 1.165) is 6.20 Å². The number of aromatic nitrogens is 2. The highest BCUT2D eigenvalue weighted by Crippen LogP contribution is 2.12. The van der Waals surface area contributed by atoms with Crippen LogP contribution < -0.4 is 16.0 Å². The van der Waals surface area contributed by atoms with Crippen molar-refractivity contribution >= 4 is 17.7 Å². The maximum Gasteiger partial charge on any atom is 0.241 e. The molecule has 0 saturated heterocycles. The number of carbonyl (C=O) groups excluding carboxylic acids is 1. The summed E-state index contributed by atoms with van der Waals surface area (Å²) in [6.07, 6.45) is 1.04. The normalized spacial score (nSPS) is 11.8. The Bertz CT molecular complexity index is 384. The smallest absolute Gasteiger partial charge is 0.241 e. The molecule has 88 valence electrons. The van der Waals surface area contributed by atoms with Gasteiger partial charge in [0.25, 0.3) is 0 Å². The molecular weight excluding hydrogens is 213 g/mol. The molecule has 0 aromatic carbocycles. The Hall–Kier alpha value is -1.92. The van der Waals surface area contributed by atoms with Gasteiger partial charge in [0.2, 0.25) is 11.9 Å². The van der Waals surface area contributed by atoms with Gasteiger partial charge in [-0.1, -0.05) is 0 Å². The quantitative estimate of drug-likeness (QED) is 0.685. The molecule has 16 heavy (non-hydrogen) atoms. The number of anilines is 2. The van der Waals surface area contributed by atoms with E-state index < -0.39 is 11.9 Å². The Kier molecular flexibility index (Phi) is 3.98. The summed E-state index contributed by atoms with van der Waals surface area (Å²) in [5.74, 6) is -0.567. The summed E-state index contributed by atoms with van der Waals surface area (Å²) < 4.78 is 13.3. The van der Waals surface area contributed by atoms with Gasteiger partial charge >= 0.3 is 0 Å². The highest BCUT2D eigenvalue weighted by molar-refractivity contribution is 5.83. The fourth-order valence-electron chi connectivity index (χ4n) is 1.08. The Morgan fingerprint density at radius 3 is 2.75 bits per heavy atom. The maximum absolute atomic E-state index is 13.3. The van der Waals surface area contributed by atoms with E-state index in [0.29, 0.717) is 0 Å². The van der Waals surface area contributed by atoms with Gasteiger partial charge in [-0.3, -0.25) is 4.79 Å². The van der Waals surface area contributed by atoms with E-state index in [4.69, 9.17) is 0 Å². The minimum absolute atomic E-state index is 0.00421. The zero-order valence-electron chi connectivity index (χ0n) is 9.34. The van der Waals surface area contributed by atoms with Crippen LogP contribution in [0.1, 0.15) is 6.92 Å². The van der Waals surface area contributed by atoms with E-state index >= 15 is 0 Å².